The maximum absolute atomic E-state index is 9.20. The van der Waals surface area contributed by atoms with Crippen LogP contribution in [0.5, 0.6) is 0 Å². The molecule has 2 aromatic heterocycles. The molecular weight excluding hydrogens is 554 g/mol. The van der Waals surface area contributed by atoms with Crippen LogP contribution in [-0.2, 0) is 7.05 Å². The lowest BCUT2D eigenvalue weighted by atomic mass is 9.88. The molecule has 2 aromatic carbocycles. The molecule has 1 aliphatic carbocycles. The molecule has 2 aliphatic rings. The predicted octanol–water partition coefficient (Wildman–Crippen LogP) is 6.87. The third-order valence-corrected chi connectivity index (χ3v) is 9.02. The summed E-state index contributed by atoms with van der Waals surface area (Å²) in [5, 5.41) is 13.0. The summed E-state index contributed by atoms with van der Waals surface area (Å²) in [6.45, 7) is 16.6. The molecule has 7 nitrogen and oxygen atoms in total. The highest BCUT2D eigenvalue weighted by Crippen LogP contribution is 2.44. The Kier molecular flexibility index (Phi) is 8.68. The molecule has 3 heterocycles. The van der Waals surface area contributed by atoms with Crippen LogP contribution in [0, 0.1) is 18.3 Å². The van der Waals surface area contributed by atoms with E-state index in [1.54, 1.807) is 0 Å². The first-order valence-corrected chi connectivity index (χ1v) is 15.7. The number of allylic oxidation sites excluding steroid dienone is 1. The van der Waals surface area contributed by atoms with Gasteiger partial charge in [-0.1, -0.05) is 68.5 Å². The fourth-order valence-corrected chi connectivity index (χ4v) is 6.64. The zero-order chi connectivity index (χ0) is 31.5. The molecule has 1 N–H and O–H groups in total. The lowest BCUT2D eigenvalue weighted by Crippen LogP contribution is -2.47. The number of aromatic nitrogens is 3. The molecule has 6 rings (SSSR count). The lowest BCUT2D eigenvalue weighted by Gasteiger charge is -2.41. The van der Waals surface area contributed by atoms with Crippen LogP contribution in [0.3, 0.4) is 0 Å². The maximum Gasteiger partial charge on any atom is 0.0991 e. The molecule has 45 heavy (non-hydrogen) atoms. The van der Waals surface area contributed by atoms with E-state index in [0.29, 0.717) is 5.56 Å². The lowest BCUT2D eigenvalue weighted by molar-refractivity contribution is 0.143. The molecule has 7 heteroatoms. The molecule has 1 aliphatic heterocycles. The standard InChI is InChI=1S/C38H41N7/c1-6-8-27(3)42-37(35-24-40-25-43(35)5)34-22-31-9-7-16-41-36(31)38(32-15-10-26(2)21-33(32)34)45-19-17-44(18-20-45)28(4)30-13-11-29(23-39)12-14-30/h7,9-16,21-22,24-25,37-38,42H,3-4,6,8,17-20H2,1-2,5H3. The van der Waals surface area contributed by atoms with Crippen molar-refractivity contribution in [1.29, 1.82) is 5.26 Å². The van der Waals surface area contributed by atoms with Crippen molar-refractivity contribution in [3.05, 3.63) is 137 Å². The number of nitrogens with zero attached hydrogens (tertiary/aromatic N) is 6. The third-order valence-electron chi connectivity index (χ3n) is 9.02. The number of piperazine rings is 1. The number of aryl methyl sites for hydroxylation is 2. The summed E-state index contributed by atoms with van der Waals surface area (Å²) in [6.07, 6.45) is 10.00. The summed E-state index contributed by atoms with van der Waals surface area (Å²) >= 11 is 0. The number of fused-ring (bicyclic) bond motifs is 2. The number of hydrogen-bond acceptors (Lipinski definition) is 6. The number of imidazole rings is 1. The van der Waals surface area contributed by atoms with Gasteiger partial charge in [0.05, 0.1) is 47.6 Å². The van der Waals surface area contributed by atoms with Gasteiger partial charge in [0.15, 0.2) is 0 Å². The van der Waals surface area contributed by atoms with Crippen LogP contribution in [0.25, 0.3) is 17.3 Å². The van der Waals surface area contributed by atoms with Crippen LogP contribution < -0.4 is 5.32 Å². The number of hydrogen-bond donors (Lipinski definition) is 1. The van der Waals surface area contributed by atoms with Gasteiger partial charge in [0.2, 0.25) is 0 Å². The summed E-state index contributed by atoms with van der Waals surface area (Å²) in [5.41, 5.74) is 11.9. The van der Waals surface area contributed by atoms with Gasteiger partial charge in [0.1, 0.15) is 0 Å². The van der Waals surface area contributed by atoms with Gasteiger partial charge in [-0.15, -0.1) is 0 Å². The number of benzene rings is 2. The summed E-state index contributed by atoms with van der Waals surface area (Å²) in [4.78, 5) is 14.5. The zero-order valence-corrected chi connectivity index (χ0v) is 26.5. The van der Waals surface area contributed by atoms with Crippen LogP contribution in [-0.4, -0.2) is 50.5 Å². The van der Waals surface area contributed by atoms with Gasteiger partial charge in [0.25, 0.3) is 0 Å². The number of pyridine rings is 1. The van der Waals surface area contributed by atoms with Crippen molar-refractivity contribution in [2.45, 2.75) is 38.8 Å². The SMILES string of the molecule is C=C(CCC)NC(C1=Cc2cccnc2C(N2CCN(C(=C)c3ccc(C#N)cc3)CC2)c2ccc(C)cc21)c1cncn1C. The fraction of sp³-hybridized carbons (Fsp3) is 0.289. The summed E-state index contributed by atoms with van der Waals surface area (Å²) in [5.74, 6) is 0. The fourth-order valence-electron chi connectivity index (χ4n) is 6.64. The quantitative estimate of drug-likeness (QED) is 0.228. The average molecular weight is 596 g/mol. The minimum absolute atomic E-state index is 0.00177. The smallest absolute Gasteiger partial charge is 0.0991 e. The van der Waals surface area contributed by atoms with E-state index in [2.05, 4.69) is 95.1 Å². The Morgan fingerprint density at radius 2 is 1.87 bits per heavy atom. The first-order chi connectivity index (χ1) is 21.9. The van der Waals surface area contributed by atoms with Crippen LogP contribution in [0.15, 0.2) is 92.2 Å². The van der Waals surface area contributed by atoms with E-state index in [0.717, 1.165) is 72.9 Å². The predicted molar refractivity (Wildman–Crippen MR) is 182 cm³/mol. The van der Waals surface area contributed by atoms with Gasteiger partial charge < -0.3 is 14.8 Å². The molecule has 1 fully saturated rings. The molecule has 228 valence electrons. The Morgan fingerprint density at radius 1 is 1.09 bits per heavy atom. The highest BCUT2D eigenvalue weighted by Gasteiger charge is 2.35. The molecule has 0 saturated carbocycles. The minimum atomic E-state index is -0.128. The van der Waals surface area contributed by atoms with Gasteiger partial charge in [-0.3, -0.25) is 9.88 Å². The summed E-state index contributed by atoms with van der Waals surface area (Å²) in [6, 6.07) is 20.9. The van der Waals surface area contributed by atoms with Crippen molar-refractivity contribution in [2.75, 3.05) is 26.2 Å². The Bertz CT molecular complexity index is 1780. The van der Waals surface area contributed by atoms with E-state index in [1.807, 2.05) is 49.1 Å². The molecular formula is C38H41N7. The molecule has 2 unspecified atom stereocenters. The highest BCUT2D eigenvalue weighted by molar-refractivity contribution is 5.89. The molecule has 0 bridgehead atoms. The number of nitriles is 1. The molecule has 4 aromatic rings. The van der Waals surface area contributed by atoms with Crippen LogP contribution in [0.1, 0.15) is 76.6 Å². The Hall–Kier alpha value is -4.93. The van der Waals surface area contributed by atoms with E-state index in [1.165, 1.54) is 22.3 Å². The second-order valence-electron chi connectivity index (χ2n) is 12.1. The first kappa shape index (κ1) is 30.1. The monoisotopic (exact) mass is 595 g/mol. The normalized spacial score (nSPS) is 16.9. The van der Waals surface area contributed by atoms with Crippen molar-refractivity contribution >= 4 is 17.3 Å². The maximum atomic E-state index is 9.20. The second kappa shape index (κ2) is 13.0. The van der Waals surface area contributed by atoms with Gasteiger partial charge in [-0.2, -0.15) is 5.26 Å². The molecule has 0 radical (unpaired) electrons. The van der Waals surface area contributed by atoms with Gasteiger partial charge in [0, 0.05) is 50.8 Å². The van der Waals surface area contributed by atoms with Crippen LogP contribution in [0.4, 0.5) is 0 Å². The van der Waals surface area contributed by atoms with E-state index < -0.39 is 0 Å². The topological polar surface area (TPSA) is 73.0 Å². The summed E-state index contributed by atoms with van der Waals surface area (Å²) < 4.78 is 2.10. The minimum Gasteiger partial charge on any atom is -0.377 e. The van der Waals surface area contributed by atoms with Crippen molar-refractivity contribution in [2.24, 2.45) is 7.05 Å². The van der Waals surface area contributed by atoms with E-state index in [4.69, 9.17) is 4.98 Å². The Morgan fingerprint density at radius 3 is 2.56 bits per heavy atom. The first-order valence-electron chi connectivity index (χ1n) is 15.7. The van der Waals surface area contributed by atoms with Crippen molar-refractivity contribution in [3.63, 3.8) is 0 Å². The number of rotatable bonds is 9. The molecule has 2 atom stereocenters. The highest BCUT2D eigenvalue weighted by atomic mass is 15.3. The van der Waals surface area contributed by atoms with Crippen molar-refractivity contribution < 1.29 is 0 Å². The Balaban J connectivity index is 1.38. The summed E-state index contributed by atoms with van der Waals surface area (Å²) in [7, 11) is 2.05. The van der Waals surface area contributed by atoms with Crippen molar-refractivity contribution in [3.8, 4) is 6.07 Å². The Labute approximate surface area is 266 Å². The zero-order valence-electron chi connectivity index (χ0n) is 26.5. The molecule has 1 saturated heterocycles. The van der Waals surface area contributed by atoms with Crippen LogP contribution >= 0.6 is 0 Å². The van der Waals surface area contributed by atoms with E-state index in [9.17, 15) is 5.26 Å². The number of nitrogens with one attached hydrogen (secondary N) is 1. The third kappa shape index (κ3) is 6.07. The second-order valence-corrected chi connectivity index (χ2v) is 12.1. The van der Waals surface area contributed by atoms with Crippen LogP contribution in [0.2, 0.25) is 0 Å². The average Bonchev–Trinajstić information content (AvgIpc) is 3.43. The molecule has 0 amide bonds. The largest absolute Gasteiger partial charge is 0.377 e. The van der Waals surface area contributed by atoms with Gasteiger partial charge in [-0.05, 0) is 65.4 Å². The van der Waals surface area contributed by atoms with Crippen molar-refractivity contribution in [1.82, 2.24) is 29.7 Å². The van der Waals surface area contributed by atoms with Gasteiger partial charge >= 0.3 is 0 Å². The van der Waals surface area contributed by atoms with E-state index >= 15 is 0 Å². The van der Waals surface area contributed by atoms with E-state index in [-0.39, 0.29) is 12.1 Å². The van der Waals surface area contributed by atoms with Gasteiger partial charge in [-0.25, -0.2) is 4.98 Å². The molecule has 0 spiro atoms.